The summed E-state index contributed by atoms with van der Waals surface area (Å²) >= 11 is 3.30. The molecule has 1 amide bonds. The van der Waals surface area contributed by atoms with E-state index in [9.17, 15) is 4.79 Å². The summed E-state index contributed by atoms with van der Waals surface area (Å²) in [5, 5.41) is 5.95. The van der Waals surface area contributed by atoms with Gasteiger partial charge < -0.3 is 10.6 Å². The van der Waals surface area contributed by atoms with Gasteiger partial charge in [-0.2, -0.15) is 0 Å². The van der Waals surface area contributed by atoms with Crippen LogP contribution < -0.4 is 10.6 Å². The molecule has 5 nitrogen and oxygen atoms in total. The molecule has 0 saturated heterocycles. The number of nitrogens with one attached hydrogen (secondary N) is 2. The number of hydrogen-bond acceptors (Lipinski definition) is 4. The van der Waals surface area contributed by atoms with Crippen LogP contribution in [0, 0.1) is 0 Å². The van der Waals surface area contributed by atoms with Crippen molar-refractivity contribution in [3.63, 3.8) is 0 Å². The molecule has 0 radical (unpaired) electrons. The van der Waals surface area contributed by atoms with E-state index in [0.29, 0.717) is 11.4 Å². The summed E-state index contributed by atoms with van der Waals surface area (Å²) in [7, 11) is 0. The summed E-state index contributed by atoms with van der Waals surface area (Å²) < 4.78 is 0.865. The number of carbonyl (C=O) groups is 1. The molecule has 0 fully saturated rings. The van der Waals surface area contributed by atoms with E-state index in [4.69, 9.17) is 0 Å². The summed E-state index contributed by atoms with van der Waals surface area (Å²) in [4.78, 5) is 20.4. The Balaban J connectivity index is 2.14. The standard InChI is InChI=1S/C14H15BrN4O/c1-2-6-17-12-9-16-7-5-11(12)14(20)19-13-4-3-10(15)8-18-13/h3-5,7-9,17H,2,6H2,1H3,(H,18,19,20). The molecule has 2 rings (SSSR count). The molecule has 0 aliphatic heterocycles. The highest BCUT2D eigenvalue weighted by Crippen LogP contribution is 2.16. The zero-order valence-corrected chi connectivity index (χ0v) is 12.6. The molecule has 0 bridgehead atoms. The molecule has 0 atom stereocenters. The zero-order valence-electron chi connectivity index (χ0n) is 11.1. The predicted molar refractivity (Wildman–Crippen MR) is 82.9 cm³/mol. The van der Waals surface area contributed by atoms with Crippen LogP contribution >= 0.6 is 15.9 Å². The van der Waals surface area contributed by atoms with Crippen LogP contribution in [0.1, 0.15) is 23.7 Å². The Morgan fingerprint density at radius 3 is 2.85 bits per heavy atom. The average molecular weight is 335 g/mol. The second-order valence-corrected chi connectivity index (χ2v) is 5.08. The monoisotopic (exact) mass is 334 g/mol. The number of anilines is 2. The second-order valence-electron chi connectivity index (χ2n) is 4.16. The fourth-order valence-corrected chi connectivity index (χ4v) is 1.86. The Morgan fingerprint density at radius 1 is 1.30 bits per heavy atom. The van der Waals surface area contributed by atoms with E-state index in [1.165, 1.54) is 0 Å². The van der Waals surface area contributed by atoms with Crippen LogP contribution in [0.5, 0.6) is 0 Å². The van der Waals surface area contributed by atoms with Crippen molar-refractivity contribution in [1.29, 1.82) is 0 Å². The molecule has 2 aromatic rings. The molecular weight excluding hydrogens is 320 g/mol. The van der Waals surface area contributed by atoms with E-state index < -0.39 is 0 Å². The summed E-state index contributed by atoms with van der Waals surface area (Å²) in [5.41, 5.74) is 1.28. The van der Waals surface area contributed by atoms with Crippen molar-refractivity contribution in [2.45, 2.75) is 13.3 Å². The minimum atomic E-state index is -0.208. The first kappa shape index (κ1) is 14.5. The van der Waals surface area contributed by atoms with E-state index in [2.05, 4.69) is 43.5 Å². The number of hydrogen-bond donors (Lipinski definition) is 2. The van der Waals surface area contributed by atoms with Crippen molar-refractivity contribution in [2.24, 2.45) is 0 Å². The lowest BCUT2D eigenvalue weighted by Crippen LogP contribution is -2.16. The molecule has 2 heterocycles. The quantitative estimate of drug-likeness (QED) is 0.880. The van der Waals surface area contributed by atoms with Crippen molar-refractivity contribution >= 4 is 33.3 Å². The Labute approximate surface area is 126 Å². The lowest BCUT2D eigenvalue weighted by molar-refractivity contribution is 0.102. The van der Waals surface area contributed by atoms with Crippen LogP contribution in [-0.4, -0.2) is 22.4 Å². The first-order chi connectivity index (χ1) is 9.70. The van der Waals surface area contributed by atoms with Crippen molar-refractivity contribution < 1.29 is 4.79 Å². The number of rotatable bonds is 5. The highest BCUT2D eigenvalue weighted by molar-refractivity contribution is 9.10. The fraction of sp³-hybridized carbons (Fsp3) is 0.214. The minimum absolute atomic E-state index is 0.208. The van der Waals surface area contributed by atoms with Gasteiger partial charge in [-0.05, 0) is 40.5 Å². The van der Waals surface area contributed by atoms with Gasteiger partial charge in [-0.1, -0.05) is 6.92 Å². The van der Waals surface area contributed by atoms with Crippen LogP contribution in [-0.2, 0) is 0 Å². The minimum Gasteiger partial charge on any atom is -0.383 e. The topological polar surface area (TPSA) is 66.9 Å². The van der Waals surface area contributed by atoms with E-state index in [0.717, 1.165) is 23.1 Å². The van der Waals surface area contributed by atoms with Crippen LogP contribution in [0.3, 0.4) is 0 Å². The van der Waals surface area contributed by atoms with Crippen molar-refractivity contribution in [3.8, 4) is 0 Å². The molecule has 0 aliphatic rings. The van der Waals surface area contributed by atoms with Gasteiger partial charge in [0.1, 0.15) is 5.82 Å². The van der Waals surface area contributed by atoms with Gasteiger partial charge in [0.15, 0.2) is 0 Å². The Kier molecular flexibility index (Phi) is 5.06. The normalized spacial score (nSPS) is 10.1. The molecule has 0 aliphatic carbocycles. The Hall–Kier alpha value is -1.95. The van der Waals surface area contributed by atoms with Crippen LogP contribution in [0.25, 0.3) is 0 Å². The molecule has 0 unspecified atom stereocenters. The fourth-order valence-electron chi connectivity index (χ4n) is 1.63. The molecule has 2 aromatic heterocycles. The van der Waals surface area contributed by atoms with E-state index in [-0.39, 0.29) is 5.91 Å². The summed E-state index contributed by atoms with van der Waals surface area (Å²) in [5.74, 6) is 0.303. The lowest BCUT2D eigenvalue weighted by atomic mass is 10.2. The van der Waals surface area contributed by atoms with E-state index in [1.54, 1.807) is 30.7 Å². The van der Waals surface area contributed by atoms with E-state index >= 15 is 0 Å². The molecular formula is C14H15BrN4O. The van der Waals surface area contributed by atoms with Gasteiger partial charge in [-0.25, -0.2) is 4.98 Å². The maximum absolute atomic E-state index is 12.3. The summed E-state index contributed by atoms with van der Waals surface area (Å²) in [6.45, 7) is 2.86. The average Bonchev–Trinajstić information content (AvgIpc) is 2.47. The number of halogens is 1. The van der Waals surface area contributed by atoms with Gasteiger partial charge in [0.25, 0.3) is 5.91 Å². The smallest absolute Gasteiger partial charge is 0.259 e. The molecule has 0 saturated carbocycles. The van der Waals surface area contributed by atoms with Crippen molar-refractivity contribution in [3.05, 3.63) is 46.8 Å². The molecule has 2 N–H and O–H groups in total. The number of carbonyl (C=O) groups excluding carboxylic acids is 1. The van der Waals surface area contributed by atoms with Crippen LogP contribution in [0.4, 0.5) is 11.5 Å². The van der Waals surface area contributed by atoms with Crippen LogP contribution in [0.2, 0.25) is 0 Å². The largest absolute Gasteiger partial charge is 0.383 e. The second kappa shape index (κ2) is 7.00. The third kappa shape index (κ3) is 3.77. The SMILES string of the molecule is CCCNc1cnccc1C(=O)Nc1ccc(Br)cn1. The predicted octanol–water partition coefficient (Wildman–Crippen LogP) is 3.31. The first-order valence-electron chi connectivity index (χ1n) is 6.31. The van der Waals surface area contributed by atoms with Gasteiger partial charge in [0.2, 0.25) is 0 Å². The Bertz CT molecular complexity index is 586. The Morgan fingerprint density at radius 2 is 2.15 bits per heavy atom. The van der Waals surface area contributed by atoms with Gasteiger partial charge in [0.05, 0.1) is 17.4 Å². The molecule has 0 spiro atoms. The maximum Gasteiger partial charge on any atom is 0.259 e. The van der Waals surface area contributed by atoms with Crippen molar-refractivity contribution in [2.75, 3.05) is 17.2 Å². The summed E-state index contributed by atoms with van der Waals surface area (Å²) in [6, 6.07) is 5.25. The third-order valence-electron chi connectivity index (χ3n) is 2.60. The lowest BCUT2D eigenvalue weighted by Gasteiger charge is -2.10. The van der Waals surface area contributed by atoms with Gasteiger partial charge >= 0.3 is 0 Å². The molecule has 104 valence electrons. The number of nitrogens with zero attached hydrogens (tertiary/aromatic N) is 2. The van der Waals surface area contributed by atoms with Gasteiger partial charge in [-0.3, -0.25) is 9.78 Å². The third-order valence-corrected chi connectivity index (χ3v) is 3.07. The summed E-state index contributed by atoms with van der Waals surface area (Å²) in [6.07, 6.45) is 5.86. The number of aromatic nitrogens is 2. The highest BCUT2D eigenvalue weighted by atomic mass is 79.9. The number of amides is 1. The molecule has 0 aromatic carbocycles. The van der Waals surface area contributed by atoms with Crippen molar-refractivity contribution in [1.82, 2.24) is 9.97 Å². The first-order valence-corrected chi connectivity index (χ1v) is 7.11. The van der Waals surface area contributed by atoms with Gasteiger partial charge in [-0.15, -0.1) is 0 Å². The molecule has 20 heavy (non-hydrogen) atoms. The molecule has 6 heteroatoms. The maximum atomic E-state index is 12.3. The van der Waals surface area contributed by atoms with Gasteiger partial charge in [0, 0.05) is 23.4 Å². The zero-order chi connectivity index (χ0) is 14.4. The highest BCUT2D eigenvalue weighted by Gasteiger charge is 2.11. The van der Waals surface area contributed by atoms with Crippen LogP contribution in [0.15, 0.2) is 41.3 Å². The van der Waals surface area contributed by atoms with E-state index in [1.807, 2.05) is 6.07 Å². The number of pyridine rings is 2.